The van der Waals surface area contributed by atoms with Crippen LogP contribution in [0.2, 0.25) is 0 Å². The molecule has 7 heteroatoms. The van der Waals surface area contributed by atoms with Crippen LogP contribution in [0.5, 0.6) is 0 Å². The molecule has 0 saturated carbocycles. The minimum atomic E-state index is 0.126. The number of hydrogen-bond acceptors (Lipinski definition) is 6. The number of carbonyl (C=O) groups is 2. The zero-order valence-electron chi connectivity index (χ0n) is 30.0. The van der Waals surface area contributed by atoms with Crippen LogP contribution in [0.3, 0.4) is 0 Å². The fourth-order valence-corrected chi connectivity index (χ4v) is 4.15. The van der Waals surface area contributed by atoms with E-state index < -0.39 is 0 Å². The van der Waals surface area contributed by atoms with Gasteiger partial charge in [-0.25, -0.2) is 4.98 Å². The number of aryl methyl sites for hydroxylation is 1. The topological polar surface area (TPSA) is 65.5 Å². The van der Waals surface area contributed by atoms with E-state index in [9.17, 15) is 9.59 Å². The molecule has 0 spiro atoms. The molecule has 1 saturated heterocycles. The number of anilines is 1. The maximum absolute atomic E-state index is 12.6. The van der Waals surface area contributed by atoms with Crippen molar-refractivity contribution in [2.24, 2.45) is 0 Å². The second kappa shape index (κ2) is 29.4. The molecule has 252 valence electrons. The van der Waals surface area contributed by atoms with Gasteiger partial charge in [-0.1, -0.05) is 109 Å². The van der Waals surface area contributed by atoms with Crippen molar-refractivity contribution < 1.29 is 9.59 Å². The van der Waals surface area contributed by atoms with Crippen molar-refractivity contribution in [3.63, 3.8) is 0 Å². The van der Waals surface area contributed by atoms with Gasteiger partial charge in [0, 0.05) is 56.2 Å². The number of nitrogens with zero attached hydrogens (tertiary/aromatic N) is 3. The number of rotatable bonds is 7. The smallest absolute Gasteiger partial charge is 0.253 e. The van der Waals surface area contributed by atoms with E-state index >= 15 is 0 Å². The minimum absolute atomic E-state index is 0.126. The largest absolute Gasteiger partial charge is 0.365 e. The van der Waals surface area contributed by atoms with Crippen molar-refractivity contribution in [1.82, 2.24) is 14.8 Å². The second-order valence-electron chi connectivity index (χ2n) is 10.2. The van der Waals surface area contributed by atoms with Crippen LogP contribution >= 0.6 is 11.3 Å². The van der Waals surface area contributed by atoms with Crippen LogP contribution in [0.25, 0.3) is 11.3 Å². The number of aldehydes is 1. The van der Waals surface area contributed by atoms with Crippen LogP contribution in [0.1, 0.15) is 97.5 Å². The number of benzene rings is 2. The lowest BCUT2D eigenvalue weighted by Gasteiger charge is -2.34. The van der Waals surface area contributed by atoms with Gasteiger partial charge in [0.2, 0.25) is 0 Å². The molecule has 0 aliphatic carbocycles. The lowest BCUT2D eigenvalue weighted by atomic mass is 10.1. The van der Waals surface area contributed by atoms with Gasteiger partial charge in [-0.2, -0.15) is 0 Å². The number of unbranched alkanes of at least 4 members (excludes halogenated alkanes) is 1. The third kappa shape index (κ3) is 21.1. The van der Waals surface area contributed by atoms with Gasteiger partial charge < -0.3 is 19.9 Å². The monoisotopic (exact) mass is 638 g/mol. The standard InChI is InChI=1S/C17H22N4OS.C8H10.C4H8.C4H10.C3H6O.C2H6/c1-3-20-8-10-21(11-9-20)16(22)14-6-4-13(5-7-14)15-12-23-17(18-2)19-15;1-2-8-6-4-3-5-7-8;1-4(2)3;1-3-4-2;1-2-3-4;1-2/h4-7,12H,3,8-11H2,1-2H3,(H,18,19);3-7H,2H2,1H3;1H2,2-3H3;3-4H2,1-2H3;3H,2H2,1H3;1-2H3. The van der Waals surface area contributed by atoms with Crippen LogP contribution in [0.15, 0.2) is 72.1 Å². The third-order valence-corrected chi connectivity index (χ3v) is 7.03. The highest BCUT2D eigenvalue weighted by Gasteiger charge is 2.21. The molecule has 3 aromatic rings. The Morgan fingerprint density at radius 3 is 1.78 bits per heavy atom. The number of amides is 1. The summed E-state index contributed by atoms with van der Waals surface area (Å²) >= 11 is 1.58. The average molecular weight is 639 g/mol. The maximum Gasteiger partial charge on any atom is 0.253 e. The van der Waals surface area contributed by atoms with E-state index in [1.54, 1.807) is 11.3 Å². The first-order valence-corrected chi connectivity index (χ1v) is 17.4. The fourth-order valence-electron chi connectivity index (χ4n) is 3.47. The minimum Gasteiger partial charge on any atom is -0.365 e. The van der Waals surface area contributed by atoms with E-state index in [0.29, 0.717) is 6.42 Å². The van der Waals surface area contributed by atoms with E-state index in [1.807, 2.05) is 82.3 Å². The molecule has 1 fully saturated rings. The second-order valence-corrected chi connectivity index (χ2v) is 11.1. The van der Waals surface area contributed by atoms with E-state index in [0.717, 1.165) is 67.4 Å². The van der Waals surface area contributed by atoms with Gasteiger partial charge in [0.05, 0.1) is 5.69 Å². The first-order chi connectivity index (χ1) is 21.7. The maximum atomic E-state index is 12.6. The Hall–Kier alpha value is -3.29. The van der Waals surface area contributed by atoms with Crippen molar-refractivity contribution in [2.75, 3.05) is 45.1 Å². The molecule has 45 heavy (non-hydrogen) atoms. The highest BCUT2D eigenvalue weighted by Crippen LogP contribution is 2.25. The SMILES string of the molecule is C=C(C)C.CC.CCC=O.CCCC.CCN1CCN(C(=O)c2ccc(-c3csc(NC)n3)cc2)CC1.CCc1ccccc1. The van der Waals surface area contributed by atoms with Gasteiger partial charge in [0.15, 0.2) is 5.13 Å². The van der Waals surface area contributed by atoms with Crippen molar-refractivity contribution in [3.05, 3.63) is 83.3 Å². The molecule has 4 rings (SSSR count). The molecule has 1 aliphatic heterocycles. The van der Waals surface area contributed by atoms with E-state index in [2.05, 4.69) is 73.7 Å². The van der Waals surface area contributed by atoms with Crippen molar-refractivity contribution >= 4 is 28.7 Å². The number of likely N-dealkylation sites (N-methyl/N-ethyl adjacent to an activating group) is 1. The zero-order chi connectivity index (χ0) is 34.5. The number of hydrogen-bond donors (Lipinski definition) is 1. The molecule has 0 bridgehead atoms. The summed E-state index contributed by atoms with van der Waals surface area (Å²) in [5, 5.41) is 5.96. The molecule has 1 aliphatic rings. The van der Waals surface area contributed by atoms with Crippen LogP contribution in [-0.4, -0.2) is 66.7 Å². The molecule has 1 amide bonds. The summed E-state index contributed by atoms with van der Waals surface area (Å²) in [7, 11) is 1.86. The van der Waals surface area contributed by atoms with Gasteiger partial charge in [-0.05, 0) is 44.5 Å². The fraction of sp³-hybridized carbons (Fsp3) is 0.500. The lowest BCUT2D eigenvalue weighted by molar-refractivity contribution is -0.107. The summed E-state index contributed by atoms with van der Waals surface area (Å²) in [6.45, 7) is 26.6. The molecular weight excluding hydrogens is 577 g/mol. The first-order valence-electron chi connectivity index (χ1n) is 16.6. The van der Waals surface area contributed by atoms with Crippen LogP contribution < -0.4 is 5.32 Å². The normalized spacial score (nSPS) is 11.6. The van der Waals surface area contributed by atoms with Crippen molar-refractivity contribution in [1.29, 1.82) is 0 Å². The Labute approximate surface area is 280 Å². The summed E-state index contributed by atoms with van der Waals surface area (Å²) in [5.74, 6) is 0.126. The lowest BCUT2D eigenvalue weighted by Crippen LogP contribution is -2.48. The van der Waals surface area contributed by atoms with E-state index in [-0.39, 0.29) is 5.91 Å². The number of allylic oxidation sites excluding steroid dienone is 1. The van der Waals surface area contributed by atoms with E-state index in [1.165, 1.54) is 24.0 Å². The predicted molar refractivity (Wildman–Crippen MR) is 200 cm³/mol. The first kappa shape index (κ1) is 43.8. The van der Waals surface area contributed by atoms with Gasteiger partial charge in [0.25, 0.3) is 5.91 Å². The summed E-state index contributed by atoms with van der Waals surface area (Å²) in [6.07, 6.45) is 5.29. The van der Waals surface area contributed by atoms with Gasteiger partial charge in [0.1, 0.15) is 6.29 Å². The molecule has 1 N–H and O–H groups in total. The van der Waals surface area contributed by atoms with Crippen LogP contribution in [-0.2, 0) is 11.2 Å². The molecule has 0 unspecified atom stereocenters. The predicted octanol–water partition coefficient (Wildman–Crippen LogP) is 9.89. The quantitative estimate of drug-likeness (QED) is 0.206. The number of piperazine rings is 1. The Morgan fingerprint density at radius 1 is 0.911 bits per heavy atom. The number of aromatic nitrogens is 1. The molecule has 0 radical (unpaired) electrons. The molecule has 1 aromatic heterocycles. The Balaban J connectivity index is 0. The highest BCUT2D eigenvalue weighted by molar-refractivity contribution is 7.14. The summed E-state index contributed by atoms with van der Waals surface area (Å²) in [6, 6.07) is 18.2. The van der Waals surface area contributed by atoms with Gasteiger partial charge in [-0.3, -0.25) is 4.79 Å². The summed E-state index contributed by atoms with van der Waals surface area (Å²) in [5.41, 5.74) is 5.31. The van der Waals surface area contributed by atoms with Crippen LogP contribution in [0, 0.1) is 0 Å². The molecule has 2 heterocycles. The zero-order valence-corrected chi connectivity index (χ0v) is 30.8. The van der Waals surface area contributed by atoms with Crippen molar-refractivity contribution in [2.45, 2.75) is 88.0 Å². The Kier molecular flexibility index (Phi) is 28.7. The van der Waals surface area contributed by atoms with Gasteiger partial charge in [-0.15, -0.1) is 17.9 Å². The van der Waals surface area contributed by atoms with Crippen LogP contribution in [0.4, 0.5) is 5.13 Å². The van der Waals surface area contributed by atoms with E-state index in [4.69, 9.17) is 0 Å². The average Bonchev–Trinajstić information content (AvgIpc) is 3.59. The Bertz CT molecular complexity index is 1120. The number of carbonyl (C=O) groups excluding carboxylic acids is 2. The summed E-state index contributed by atoms with van der Waals surface area (Å²) < 4.78 is 0. The molecule has 2 aromatic carbocycles. The summed E-state index contributed by atoms with van der Waals surface area (Å²) in [4.78, 5) is 30.6. The number of nitrogens with one attached hydrogen (secondary N) is 1. The van der Waals surface area contributed by atoms with Gasteiger partial charge >= 0.3 is 0 Å². The Morgan fingerprint density at radius 2 is 1.42 bits per heavy atom. The third-order valence-electron chi connectivity index (χ3n) is 6.17. The highest BCUT2D eigenvalue weighted by atomic mass is 32.1. The number of thiazole rings is 1. The van der Waals surface area contributed by atoms with Crippen molar-refractivity contribution in [3.8, 4) is 11.3 Å². The molecule has 0 atom stereocenters. The molecular formula is C38H62N4O2S. The molecule has 6 nitrogen and oxygen atoms in total.